The van der Waals surface area contributed by atoms with Crippen molar-refractivity contribution in [3.05, 3.63) is 58.1 Å². The van der Waals surface area contributed by atoms with Crippen LogP contribution in [0.4, 0.5) is 11.4 Å². The average molecular weight is 390 g/mol. The summed E-state index contributed by atoms with van der Waals surface area (Å²) in [4.78, 5) is 10.6. The first-order valence-electron chi connectivity index (χ1n) is 8.69. The zero-order chi connectivity index (χ0) is 19.8. The van der Waals surface area contributed by atoms with Crippen LogP contribution >= 0.6 is 0 Å². The summed E-state index contributed by atoms with van der Waals surface area (Å²) in [5, 5.41) is 11.5. The highest BCUT2D eigenvalue weighted by Gasteiger charge is 2.40. The number of benzene rings is 2. The minimum absolute atomic E-state index is 0.242. The van der Waals surface area contributed by atoms with Gasteiger partial charge in [-0.05, 0) is 68.5 Å². The van der Waals surface area contributed by atoms with Crippen LogP contribution in [0.25, 0.3) is 0 Å². The third-order valence-electron chi connectivity index (χ3n) is 4.85. The number of aryl methyl sites for hydroxylation is 1. The topological polar surface area (TPSA) is 89.8 Å². The first-order valence-corrected chi connectivity index (χ1v) is 10.1. The summed E-state index contributed by atoms with van der Waals surface area (Å²) >= 11 is 0. The molecule has 1 atom stereocenters. The van der Waals surface area contributed by atoms with E-state index >= 15 is 0 Å². The quantitative estimate of drug-likeness (QED) is 0.528. The molecule has 0 aromatic heterocycles. The Kier molecular flexibility index (Phi) is 5.10. The summed E-state index contributed by atoms with van der Waals surface area (Å²) in [6.07, 6.45) is 1.89. The number of hydrogen-bond acceptors (Lipinski definition) is 5. The fraction of sp³-hybridized carbons (Fsp3) is 0.368. The van der Waals surface area contributed by atoms with Gasteiger partial charge in [-0.3, -0.25) is 14.4 Å². The summed E-state index contributed by atoms with van der Waals surface area (Å²) in [6.45, 7) is 3.54. The van der Waals surface area contributed by atoms with Crippen molar-refractivity contribution in [2.24, 2.45) is 5.92 Å². The van der Waals surface area contributed by atoms with Crippen LogP contribution in [0.2, 0.25) is 0 Å². The van der Waals surface area contributed by atoms with E-state index < -0.39 is 20.6 Å². The Morgan fingerprint density at radius 2 is 1.81 bits per heavy atom. The molecule has 1 unspecified atom stereocenters. The standard InChI is InChI=1S/C19H22N2O5S/c1-13-4-11-19(18(12-13)21(22)23)27(24,25)20(14(2)15-5-6-15)16-7-9-17(26-3)10-8-16/h4,7-12,14-15H,5-6H2,1-3H3. The number of rotatable bonds is 7. The molecule has 0 bridgehead atoms. The van der Waals surface area contributed by atoms with Crippen molar-refractivity contribution in [2.75, 3.05) is 11.4 Å². The number of nitro groups is 1. The lowest BCUT2D eigenvalue weighted by Gasteiger charge is -2.30. The first kappa shape index (κ1) is 19.2. The number of nitro benzene ring substituents is 1. The molecule has 2 aromatic rings. The maximum absolute atomic E-state index is 13.5. The third-order valence-corrected chi connectivity index (χ3v) is 6.81. The van der Waals surface area contributed by atoms with Crippen LogP contribution in [0.1, 0.15) is 25.3 Å². The van der Waals surface area contributed by atoms with Crippen LogP contribution in [-0.4, -0.2) is 26.5 Å². The molecule has 1 fully saturated rings. The molecule has 8 heteroatoms. The molecule has 0 spiro atoms. The normalized spacial score (nSPS) is 15.2. The Hall–Kier alpha value is -2.61. The fourth-order valence-corrected chi connectivity index (χ4v) is 5.05. The van der Waals surface area contributed by atoms with Crippen LogP contribution in [0.15, 0.2) is 47.4 Å². The monoisotopic (exact) mass is 390 g/mol. The lowest BCUT2D eigenvalue weighted by atomic mass is 10.2. The van der Waals surface area contributed by atoms with Gasteiger partial charge in [0.2, 0.25) is 0 Å². The second-order valence-electron chi connectivity index (χ2n) is 6.81. The van der Waals surface area contributed by atoms with Gasteiger partial charge in [0.25, 0.3) is 15.7 Å². The molecule has 7 nitrogen and oxygen atoms in total. The molecule has 0 N–H and O–H groups in total. The van der Waals surface area contributed by atoms with Gasteiger partial charge in [0.05, 0.1) is 17.7 Å². The van der Waals surface area contributed by atoms with Gasteiger partial charge in [-0.25, -0.2) is 8.42 Å². The second kappa shape index (κ2) is 7.19. The van der Waals surface area contributed by atoms with Gasteiger partial charge in [-0.2, -0.15) is 0 Å². The van der Waals surface area contributed by atoms with Gasteiger partial charge in [-0.15, -0.1) is 0 Å². The molecule has 1 saturated carbocycles. The van der Waals surface area contributed by atoms with E-state index in [0.717, 1.165) is 12.8 Å². The fourth-order valence-electron chi connectivity index (χ4n) is 3.19. The zero-order valence-corrected chi connectivity index (χ0v) is 16.3. The number of anilines is 1. The van der Waals surface area contributed by atoms with Crippen LogP contribution in [-0.2, 0) is 10.0 Å². The minimum atomic E-state index is -4.12. The van der Waals surface area contributed by atoms with Crippen molar-refractivity contribution in [1.82, 2.24) is 0 Å². The van der Waals surface area contributed by atoms with Crippen molar-refractivity contribution in [3.8, 4) is 5.75 Å². The Bertz CT molecular complexity index is 953. The van der Waals surface area contributed by atoms with E-state index in [1.807, 2.05) is 6.92 Å². The number of ether oxygens (including phenoxy) is 1. The SMILES string of the molecule is COc1ccc(N(C(C)C2CC2)S(=O)(=O)c2ccc(C)cc2[N+](=O)[O-])cc1. The van der Waals surface area contributed by atoms with Crippen molar-refractivity contribution in [2.45, 2.75) is 37.6 Å². The van der Waals surface area contributed by atoms with Crippen LogP contribution in [0.3, 0.4) is 0 Å². The molecule has 3 rings (SSSR count). The zero-order valence-electron chi connectivity index (χ0n) is 15.5. The van der Waals surface area contributed by atoms with Gasteiger partial charge in [0.1, 0.15) is 5.75 Å². The molecule has 0 heterocycles. The van der Waals surface area contributed by atoms with E-state index in [9.17, 15) is 18.5 Å². The molecule has 1 aliphatic carbocycles. The van der Waals surface area contributed by atoms with Gasteiger partial charge in [0.15, 0.2) is 4.90 Å². The summed E-state index contributed by atoms with van der Waals surface area (Å²) in [6, 6.07) is 10.6. The highest BCUT2D eigenvalue weighted by atomic mass is 32.2. The van der Waals surface area contributed by atoms with Gasteiger partial charge >= 0.3 is 0 Å². The summed E-state index contributed by atoms with van der Waals surface area (Å²) in [5.74, 6) is 0.850. The largest absolute Gasteiger partial charge is 0.497 e. The molecule has 2 aromatic carbocycles. The molecular weight excluding hydrogens is 368 g/mol. The van der Waals surface area contributed by atoms with E-state index in [1.54, 1.807) is 37.3 Å². The highest BCUT2D eigenvalue weighted by Crippen LogP contribution is 2.41. The van der Waals surface area contributed by atoms with Crippen molar-refractivity contribution < 1.29 is 18.1 Å². The van der Waals surface area contributed by atoms with E-state index in [1.165, 1.54) is 23.5 Å². The van der Waals surface area contributed by atoms with Crippen molar-refractivity contribution >= 4 is 21.4 Å². The highest BCUT2D eigenvalue weighted by molar-refractivity contribution is 7.93. The molecule has 27 heavy (non-hydrogen) atoms. The number of sulfonamides is 1. The molecular formula is C19H22N2O5S. The minimum Gasteiger partial charge on any atom is -0.497 e. The van der Waals surface area contributed by atoms with E-state index in [-0.39, 0.29) is 16.9 Å². The van der Waals surface area contributed by atoms with Crippen molar-refractivity contribution in [1.29, 1.82) is 0 Å². The maximum Gasteiger partial charge on any atom is 0.290 e. The predicted octanol–water partition coefficient (Wildman–Crippen LogP) is 3.91. The van der Waals surface area contributed by atoms with Crippen LogP contribution in [0.5, 0.6) is 5.75 Å². The Labute approximate surface area is 158 Å². The molecule has 0 amide bonds. The molecule has 0 radical (unpaired) electrons. The molecule has 144 valence electrons. The van der Waals surface area contributed by atoms with E-state index in [4.69, 9.17) is 4.74 Å². The molecule has 1 aliphatic rings. The van der Waals surface area contributed by atoms with E-state index in [0.29, 0.717) is 17.0 Å². The van der Waals surface area contributed by atoms with Crippen molar-refractivity contribution in [3.63, 3.8) is 0 Å². The first-order chi connectivity index (χ1) is 12.8. The summed E-state index contributed by atoms with van der Waals surface area (Å²) in [5.41, 5.74) is 0.688. The second-order valence-corrected chi connectivity index (χ2v) is 8.59. The summed E-state index contributed by atoms with van der Waals surface area (Å²) in [7, 11) is -2.59. The lowest BCUT2D eigenvalue weighted by Crippen LogP contribution is -2.40. The van der Waals surface area contributed by atoms with Crippen LogP contribution < -0.4 is 9.04 Å². The van der Waals surface area contributed by atoms with Crippen LogP contribution in [0, 0.1) is 23.0 Å². The van der Waals surface area contributed by atoms with Gasteiger partial charge in [0, 0.05) is 12.1 Å². The number of nitrogens with zero attached hydrogens (tertiary/aromatic N) is 2. The molecule has 0 aliphatic heterocycles. The maximum atomic E-state index is 13.5. The van der Waals surface area contributed by atoms with Gasteiger partial charge < -0.3 is 4.74 Å². The number of hydrogen-bond donors (Lipinski definition) is 0. The third kappa shape index (κ3) is 3.75. The van der Waals surface area contributed by atoms with Gasteiger partial charge in [-0.1, -0.05) is 6.07 Å². The number of methoxy groups -OCH3 is 1. The Morgan fingerprint density at radius 1 is 1.19 bits per heavy atom. The smallest absolute Gasteiger partial charge is 0.290 e. The Morgan fingerprint density at radius 3 is 2.33 bits per heavy atom. The average Bonchev–Trinajstić information content (AvgIpc) is 3.47. The van der Waals surface area contributed by atoms with E-state index in [2.05, 4.69) is 0 Å². The summed E-state index contributed by atoms with van der Waals surface area (Å²) < 4.78 is 33.4. The predicted molar refractivity (Wildman–Crippen MR) is 103 cm³/mol. The molecule has 0 saturated heterocycles. The Balaban J connectivity index is 2.14. The lowest BCUT2D eigenvalue weighted by molar-refractivity contribution is -0.387.